The Balaban J connectivity index is 1.62. The zero-order valence-corrected chi connectivity index (χ0v) is 13.6. The number of rotatable bonds is 5. The number of amides is 1. The lowest BCUT2D eigenvalue weighted by Crippen LogP contribution is -2.23. The summed E-state index contributed by atoms with van der Waals surface area (Å²) in [5, 5.41) is 2.61. The van der Waals surface area contributed by atoms with Gasteiger partial charge in [0.2, 0.25) is 5.88 Å². The number of halogens is 2. The van der Waals surface area contributed by atoms with E-state index in [1.54, 1.807) is 12.1 Å². The summed E-state index contributed by atoms with van der Waals surface area (Å²) in [5.74, 6) is 0.682. The first-order valence-electron chi connectivity index (χ1n) is 7.54. The van der Waals surface area contributed by atoms with Crippen molar-refractivity contribution in [3.63, 3.8) is 0 Å². The van der Waals surface area contributed by atoms with E-state index in [-0.39, 0.29) is 24.1 Å². The van der Waals surface area contributed by atoms with Crippen LogP contribution in [0.3, 0.4) is 0 Å². The van der Waals surface area contributed by atoms with Gasteiger partial charge in [-0.25, -0.2) is 13.8 Å². The Morgan fingerprint density at radius 3 is 2.96 bits per heavy atom. The second-order valence-electron chi connectivity index (χ2n) is 5.40. The number of nitrogens with one attached hydrogen (secondary N) is 1. The number of hydrogen-bond acceptors (Lipinski definition) is 4. The molecule has 1 aliphatic rings. The van der Waals surface area contributed by atoms with Gasteiger partial charge in [-0.05, 0) is 24.3 Å². The molecule has 4 nitrogen and oxygen atoms in total. The zero-order valence-electron chi connectivity index (χ0n) is 12.8. The molecule has 1 aliphatic heterocycles. The number of hydrogen-bond donors (Lipinski definition) is 1. The van der Waals surface area contributed by atoms with Crippen LogP contribution in [0.4, 0.5) is 8.78 Å². The van der Waals surface area contributed by atoms with Gasteiger partial charge in [-0.1, -0.05) is 6.07 Å². The van der Waals surface area contributed by atoms with Crippen LogP contribution < -0.4 is 10.1 Å². The van der Waals surface area contributed by atoms with Crippen molar-refractivity contribution >= 4 is 17.7 Å². The van der Waals surface area contributed by atoms with Crippen molar-refractivity contribution in [1.29, 1.82) is 0 Å². The predicted octanol–water partition coefficient (Wildman–Crippen LogP) is 3.17. The molecule has 0 radical (unpaired) electrons. The van der Waals surface area contributed by atoms with Crippen LogP contribution in [0, 0.1) is 11.6 Å². The molecular weight excluding hydrogens is 334 g/mol. The van der Waals surface area contributed by atoms with Gasteiger partial charge in [-0.15, -0.1) is 0 Å². The van der Waals surface area contributed by atoms with Crippen molar-refractivity contribution in [1.82, 2.24) is 10.3 Å². The smallest absolute Gasteiger partial charge is 0.251 e. The van der Waals surface area contributed by atoms with Crippen LogP contribution in [0.15, 0.2) is 36.5 Å². The van der Waals surface area contributed by atoms with E-state index in [0.29, 0.717) is 11.4 Å². The van der Waals surface area contributed by atoms with Gasteiger partial charge < -0.3 is 10.1 Å². The molecule has 24 heavy (non-hydrogen) atoms. The maximum atomic E-state index is 13.6. The molecule has 2 heterocycles. The molecule has 1 aromatic heterocycles. The molecule has 1 saturated heterocycles. The van der Waals surface area contributed by atoms with E-state index < -0.39 is 11.6 Å². The summed E-state index contributed by atoms with van der Waals surface area (Å²) in [6.07, 6.45) is 2.59. The molecule has 1 atom stereocenters. The molecule has 0 bridgehead atoms. The Kier molecular flexibility index (Phi) is 5.30. The van der Waals surface area contributed by atoms with E-state index in [1.165, 1.54) is 12.3 Å². The van der Waals surface area contributed by atoms with Gasteiger partial charge >= 0.3 is 0 Å². The number of thioether (sulfide) groups is 1. The molecule has 3 rings (SSSR count). The molecule has 2 aromatic rings. The average Bonchev–Trinajstić information content (AvgIpc) is 3.07. The fourth-order valence-corrected chi connectivity index (χ4v) is 3.43. The Labute approximate surface area is 142 Å². The van der Waals surface area contributed by atoms with Crippen LogP contribution in [0.25, 0.3) is 0 Å². The number of pyridine rings is 1. The van der Waals surface area contributed by atoms with Gasteiger partial charge in [0, 0.05) is 41.8 Å². The fourth-order valence-electron chi connectivity index (χ4n) is 2.33. The molecule has 0 aliphatic carbocycles. The van der Waals surface area contributed by atoms with Crippen molar-refractivity contribution in [3.8, 4) is 5.88 Å². The van der Waals surface area contributed by atoms with Crippen LogP contribution in [-0.2, 0) is 6.54 Å². The second kappa shape index (κ2) is 7.61. The van der Waals surface area contributed by atoms with Crippen LogP contribution in [0.1, 0.15) is 22.3 Å². The lowest BCUT2D eigenvalue weighted by molar-refractivity contribution is 0.0949. The summed E-state index contributed by atoms with van der Waals surface area (Å²) in [5.41, 5.74) is 0.603. The first kappa shape index (κ1) is 16.7. The maximum absolute atomic E-state index is 13.6. The predicted molar refractivity (Wildman–Crippen MR) is 88.1 cm³/mol. The normalized spacial score (nSPS) is 16.8. The highest BCUT2D eigenvalue weighted by atomic mass is 32.2. The molecular formula is C17H16F2N2O2S. The highest BCUT2D eigenvalue weighted by molar-refractivity contribution is 7.99. The van der Waals surface area contributed by atoms with Gasteiger partial charge in [-0.2, -0.15) is 11.8 Å². The van der Waals surface area contributed by atoms with Gasteiger partial charge in [0.25, 0.3) is 5.91 Å². The van der Waals surface area contributed by atoms with E-state index >= 15 is 0 Å². The Hall–Kier alpha value is -2.15. The molecule has 1 fully saturated rings. The van der Waals surface area contributed by atoms with Crippen molar-refractivity contribution in [3.05, 3.63) is 59.3 Å². The van der Waals surface area contributed by atoms with Crippen molar-refractivity contribution in [2.75, 3.05) is 11.5 Å². The Morgan fingerprint density at radius 1 is 1.33 bits per heavy atom. The fraction of sp³-hybridized carbons (Fsp3) is 0.294. The van der Waals surface area contributed by atoms with Gasteiger partial charge in [0.15, 0.2) is 0 Å². The minimum Gasteiger partial charge on any atom is -0.473 e. The van der Waals surface area contributed by atoms with E-state index in [9.17, 15) is 13.6 Å². The third kappa shape index (κ3) is 4.23. The molecule has 1 N–H and O–H groups in total. The van der Waals surface area contributed by atoms with Crippen molar-refractivity contribution in [2.24, 2.45) is 0 Å². The summed E-state index contributed by atoms with van der Waals surface area (Å²) < 4.78 is 32.2. The topological polar surface area (TPSA) is 51.2 Å². The number of carbonyl (C=O) groups excluding carboxylic acids is 1. The molecule has 0 saturated carbocycles. The van der Waals surface area contributed by atoms with Crippen molar-refractivity contribution in [2.45, 2.75) is 19.1 Å². The SMILES string of the molecule is O=C(NCc1ccc(F)cc1F)c1ccnc(O[C@@H]2CCSC2)c1. The third-order valence-electron chi connectivity index (χ3n) is 3.63. The van der Waals surface area contributed by atoms with Crippen LogP contribution in [-0.4, -0.2) is 28.5 Å². The lowest BCUT2D eigenvalue weighted by atomic mass is 10.2. The maximum Gasteiger partial charge on any atom is 0.251 e. The van der Waals surface area contributed by atoms with Crippen molar-refractivity contribution < 1.29 is 18.3 Å². The van der Waals surface area contributed by atoms with E-state index in [1.807, 2.05) is 11.8 Å². The highest BCUT2D eigenvalue weighted by Gasteiger charge is 2.18. The molecule has 0 unspecified atom stereocenters. The number of nitrogens with zero attached hydrogens (tertiary/aromatic N) is 1. The minimum absolute atomic E-state index is 0.0251. The Bertz CT molecular complexity index is 736. The van der Waals surface area contributed by atoms with Crippen LogP contribution in [0.5, 0.6) is 5.88 Å². The summed E-state index contributed by atoms with van der Waals surface area (Å²) in [4.78, 5) is 16.3. The van der Waals surface area contributed by atoms with Gasteiger partial charge in [0.1, 0.15) is 17.7 Å². The molecule has 126 valence electrons. The van der Waals surface area contributed by atoms with Gasteiger partial charge in [-0.3, -0.25) is 4.79 Å². The molecule has 0 spiro atoms. The third-order valence-corrected chi connectivity index (χ3v) is 4.76. The molecule has 1 amide bonds. The first-order chi connectivity index (χ1) is 11.6. The minimum atomic E-state index is -0.687. The summed E-state index contributed by atoms with van der Waals surface area (Å²) >= 11 is 1.83. The standard InChI is InChI=1S/C17H16F2N2O2S/c18-13-2-1-12(15(19)8-13)9-21-17(22)11-3-5-20-16(7-11)23-14-4-6-24-10-14/h1-3,5,7-8,14H,4,6,9-10H2,(H,21,22)/t14-/m1/s1. The van der Waals surface area contributed by atoms with Gasteiger partial charge in [0.05, 0.1) is 0 Å². The number of carbonyl (C=O) groups is 1. The summed E-state index contributed by atoms with van der Waals surface area (Å²) in [7, 11) is 0. The summed E-state index contributed by atoms with van der Waals surface area (Å²) in [6.45, 7) is -0.0251. The van der Waals surface area contributed by atoms with E-state index in [4.69, 9.17) is 4.74 Å². The Morgan fingerprint density at radius 2 is 2.21 bits per heavy atom. The summed E-state index contributed by atoms with van der Waals surface area (Å²) in [6, 6.07) is 6.39. The average molecular weight is 350 g/mol. The quantitative estimate of drug-likeness (QED) is 0.900. The monoisotopic (exact) mass is 350 g/mol. The van der Waals surface area contributed by atoms with E-state index in [2.05, 4.69) is 10.3 Å². The number of benzene rings is 1. The second-order valence-corrected chi connectivity index (χ2v) is 6.55. The lowest BCUT2D eigenvalue weighted by Gasteiger charge is -2.12. The largest absolute Gasteiger partial charge is 0.473 e. The zero-order chi connectivity index (χ0) is 16.9. The van der Waals surface area contributed by atoms with Crippen LogP contribution >= 0.6 is 11.8 Å². The molecule has 7 heteroatoms. The number of ether oxygens (including phenoxy) is 1. The number of aromatic nitrogens is 1. The highest BCUT2D eigenvalue weighted by Crippen LogP contribution is 2.22. The molecule has 1 aromatic carbocycles. The first-order valence-corrected chi connectivity index (χ1v) is 8.70. The van der Waals surface area contributed by atoms with Crippen LogP contribution in [0.2, 0.25) is 0 Å². The van der Waals surface area contributed by atoms with E-state index in [0.717, 1.165) is 30.1 Å².